The molecule has 2 N–H and O–H groups in total. The molecule has 1 aromatic rings. The van der Waals surface area contributed by atoms with Crippen molar-refractivity contribution in [1.82, 2.24) is 15.4 Å². The van der Waals surface area contributed by atoms with Gasteiger partial charge >= 0.3 is 0 Å². The van der Waals surface area contributed by atoms with Gasteiger partial charge in [0.2, 0.25) is 11.8 Å². The predicted octanol–water partition coefficient (Wildman–Crippen LogP) is 0.754. The number of hydrogen-bond donors (Lipinski definition) is 2. The molecule has 23 heavy (non-hydrogen) atoms. The fourth-order valence-electron chi connectivity index (χ4n) is 2.99. The van der Waals surface area contributed by atoms with Gasteiger partial charge in [-0.3, -0.25) is 9.59 Å². The number of carbonyl (C=O) groups is 2. The summed E-state index contributed by atoms with van der Waals surface area (Å²) in [7, 11) is 0. The molecule has 9 heteroatoms. The van der Waals surface area contributed by atoms with E-state index in [9.17, 15) is 9.59 Å². The molecule has 0 spiro atoms. The van der Waals surface area contributed by atoms with Crippen molar-refractivity contribution in [2.24, 2.45) is 11.8 Å². The van der Waals surface area contributed by atoms with Crippen molar-refractivity contribution < 1.29 is 14.1 Å². The Morgan fingerprint density at radius 2 is 2.09 bits per heavy atom. The average Bonchev–Trinajstić information content (AvgIpc) is 3.14. The molecule has 128 valence electrons. The van der Waals surface area contributed by atoms with Crippen LogP contribution in [0.5, 0.6) is 0 Å². The van der Waals surface area contributed by atoms with Gasteiger partial charge in [0.15, 0.2) is 5.82 Å². The Morgan fingerprint density at radius 3 is 2.70 bits per heavy atom. The second-order valence-corrected chi connectivity index (χ2v) is 6.83. The molecule has 3 rings (SSSR count). The van der Waals surface area contributed by atoms with Crippen molar-refractivity contribution in [1.29, 1.82) is 0 Å². The van der Waals surface area contributed by atoms with Crippen LogP contribution in [-0.2, 0) is 9.59 Å². The SMILES string of the molecule is Cc1cc(NC(=O)CSCC(=O)N2C[C@H]3CNC[C@H]3C2)no1.Cl. The zero-order valence-electron chi connectivity index (χ0n) is 12.9. The Morgan fingerprint density at radius 1 is 1.39 bits per heavy atom. The molecule has 1 aromatic heterocycles. The van der Waals surface area contributed by atoms with Crippen molar-refractivity contribution in [3.8, 4) is 0 Å². The lowest BCUT2D eigenvalue weighted by Gasteiger charge is -2.17. The second-order valence-electron chi connectivity index (χ2n) is 5.84. The van der Waals surface area contributed by atoms with Gasteiger partial charge in [-0.15, -0.1) is 24.2 Å². The molecule has 2 aliphatic rings. The number of halogens is 1. The molecular weight excluding hydrogens is 340 g/mol. The highest BCUT2D eigenvalue weighted by atomic mass is 35.5. The Bertz CT molecular complexity index is 556. The van der Waals surface area contributed by atoms with Crippen molar-refractivity contribution in [3.63, 3.8) is 0 Å². The van der Waals surface area contributed by atoms with Gasteiger partial charge in [0.05, 0.1) is 11.5 Å². The number of fused-ring (bicyclic) bond motifs is 1. The predicted molar refractivity (Wildman–Crippen MR) is 90.9 cm³/mol. The largest absolute Gasteiger partial charge is 0.360 e. The molecule has 2 amide bonds. The number of aromatic nitrogens is 1. The van der Waals surface area contributed by atoms with Crippen LogP contribution in [0.15, 0.2) is 10.6 Å². The summed E-state index contributed by atoms with van der Waals surface area (Å²) in [6.07, 6.45) is 0. The van der Waals surface area contributed by atoms with Crippen LogP contribution in [0.4, 0.5) is 5.82 Å². The number of thioether (sulfide) groups is 1. The van der Waals surface area contributed by atoms with Crippen molar-refractivity contribution in [2.75, 3.05) is 43.0 Å². The first kappa shape index (κ1) is 18.1. The summed E-state index contributed by atoms with van der Waals surface area (Å²) >= 11 is 1.33. The quantitative estimate of drug-likeness (QED) is 0.806. The Kier molecular flexibility index (Phi) is 6.32. The molecule has 0 radical (unpaired) electrons. The number of amides is 2. The van der Waals surface area contributed by atoms with Crippen LogP contribution in [0.25, 0.3) is 0 Å². The topological polar surface area (TPSA) is 87.5 Å². The fraction of sp³-hybridized carbons (Fsp3) is 0.643. The Balaban J connectivity index is 0.00000192. The van der Waals surface area contributed by atoms with Crippen molar-refractivity contribution >= 4 is 41.8 Å². The minimum Gasteiger partial charge on any atom is -0.360 e. The number of carbonyl (C=O) groups excluding carboxylic acids is 2. The van der Waals surface area contributed by atoms with Gasteiger partial charge < -0.3 is 20.1 Å². The third kappa shape index (κ3) is 4.62. The third-order valence-electron chi connectivity index (χ3n) is 4.10. The maximum absolute atomic E-state index is 12.1. The monoisotopic (exact) mass is 360 g/mol. The maximum atomic E-state index is 12.1. The highest BCUT2D eigenvalue weighted by molar-refractivity contribution is 8.00. The zero-order chi connectivity index (χ0) is 15.5. The number of hydrogen-bond acceptors (Lipinski definition) is 6. The van der Waals surface area contributed by atoms with Gasteiger partial charge in [-0.1, -0.05) is 5.16 Å². The molecule has 2 fully saturated rings. The van der Waals surface area contributed by atoms with Crippen LogP contribution < -0.4 is 10.6 Å². The Hall–Kier alpha value is -1.25. The first-order chi connectivity index (χ1) is 10.6. The van der Waals surface area contributed by atoms with Gasteiger partial charge in [-0.05, 0) is 18.8 Å². The van der Waals surface area contributed by atoms with Crippen molar-refractivity contribution in [3.05, 3.63) is 11.8 Å². The minimum absolute atomic E-state index is 0. The number of anilines is 1. The zero-order valence-corrected chi connectivity index (χ0v) is 14.5. The van der Waals surface area contributed by atoms with Crippen LogP contribution in [0.3, 0.4) is 0 Å². The van der Waals surface area contributed by atoms with Gasteiger partial charge in [0, 0.05) is 32.2 Å². The first-order valence-electron chi connectivity index (χ1n) is 7.41. The maximum Gasteiger partial charge on any atom is 0.235 e. The van der Waals surface area contributed by atoms with Crippen LogP contribution in [-0.4, -0.2) is 59.6 Å². The van der Waals surface area contributed by atoms with E-state index in [1.54, 1.807) is 13.0 Å². The Labute approximate surface area is 145 Å². The summed E-state index contributed by atoms with van der Waals surface area (Å²) in [5, 5.41) is 9.69. The molecule has 2 atom stereocenters. The van der Waals surface area contributed by atoms with E-state index >= 15 is 0 Å². The van der Waals surface area contributed by atoms with Gasteiger partial charge in [0.1, 0.15) is 5.76 Å². The van der Waals surface area contributed by atoms with Crippen LogP contribution >= 0.6 is 24.2 Å². The number of aryl methyl sites for hydroxylation is 1. The van der Waals surface area contributed by atoms with Crippen molar-refractivity contribution in [2.45, 2.75) is 6.92 Å². The summed E-state index contributed by atoms with van der Waals surface area (Å²) in [4.78, 5) is 25.8. The highest BCUT2D eigenvalue weighted by Gasteiger charge is 2.37. The first-order valence-corrected chi connectivity index (χ1v) is 8.56. The number of nitrogens with zero attached hydrogens (tertiary/aromatic N) is 2. The minimum atomic E-state index is -0.173. The summed E-state index contributed by atoms with van der Waals surface area (Å²) in [6, 6.07) is 1.66. The van der Waals surface area contributed by atoms with E-state index in [-0.39, 0.29) is 30.0 Å². The second kappa shape index (κ2) is 8.03. The highest BCUT2D eigenvalue weighted by Crippen LogP contribution is 2.26. The molecule has 0 bridgehead atoms. The van der Waals surface area contributed by atoms with Gasteiger partial charge in [-0.2, -0.15) is 0 Å². The van der Waals surface area contributed by atoms with Gasteiger partial charge in [0.25, 0.3) is 0 Å². The van der Waals surface area contributed by atoms with Crippen LogP contribution in [0.1, 0.15) is 5.76 Å². The van der Waals surface area contributed by atoms with E-state index in [0.29, 0.717) is 29.2 Å². The molecule has 3 heterocycles. The number of nitrogens with one attached hydrogen (secondary N) is 2. The molecule has 0 aliphatic carbocycles. The summed E-state index contributed by atoms with van der Waals surface area (Å²) in [5.41, 5.74) is 0. The van der Waals surface area contributed by atoms with E-state index in [0.717, 1.165) is 26.2 Å². The summed E-state index contributed by atoms with van der Waals surface area (Å²) in [6.45, 7) is 5.49. The molecule has 2 aliphatic heterocycles. The summed E-state index contributed by atoms with van der Waals surface area (Å²) in [5.74, 6) is 2.80. The fourth-order valence-corrected chi connectivity index (χ4v) is 3.70. The van der Waals surface area contributed by atoms with E-state index in [1.165, 1.54) is 11.8 Å². The van der Waals surface area contributed by atoms with Crippen LogP contribution in [0.2, 0.25) is 0 Å². The van der Waals surface area contributed by atoms with Gasteiger partial charge in [-0.25, -0.2) is 0 Å². The molecular formula is C14H21ClN4O3S. The molecule has 7 nitrogen and oxygen atoms in total. The van der Waals surface area contributed by atoms with Crippen LogP contribution in [0, 0.1) is 18.8 Å². The lowest BCUT2D eigenvalue weighted by atomic mass is 10.0. The molecule has 0 aromatic carbocycles. The van der Waals surface area contributed by atoms with E-state index in [1.807, 2.05) is 4.90 Å². The lowest BCUT2D eigenvalue weighted by molar-refractivity contribution is -0.127. The number of rotatable bonds is 5. The number of likely N-dealkylation sites (tertiary alicyclic amines) is 1. The third-order valence-corrected chi connectivity index (χ3v) is 5.01. The van der Waals surface area contributed by atoms with E-state index < -0.39 is 0 Å². The van der Waals surface area contributed by atoms with E-state index in [4.69, 9.17) is 4.52 Å². The molecule has 2 saturated heterocycles. The normalized spacial score (nSPS) is 22.6. The standard InChI is InChI=1S/C14H20N4O3S.ClH/c1-9-2-12(17-21-9)16-13(19)7-22-8-14(20)18-5-10-3-15-4-11(10)6-18;/h2,10-11,15H,3-8H2,1H3,(H,16,17,19);1H/t10-,11+;. The molecule has 0 unspecified atom stereocenters. The molecule has 0 saturated carbocycles. The lowest BCUT2D eigenvalue weighted by Crippen LogP contribution is -2.33. The summed E-state index contributed by atoms with van der Waals surface area (Å²) < 4.78 is 4.87. The van der Waals surface area contributed by atoms with E-state index in [2.05, 4.69) is 15.8 Å². The average molecular weight is 361 g/mol. The smallest absolute Gasteiger partial charge is 0.235 e.